The minimum absolute atomic E-state index is 0.433. The molecule has 1 rings (SSSR count). The van der Waals surface area contributed by atoms with Gasteiger partial charge in [0.2, 0.25) is 0 Å². The molecular formula is C11H2O3. The number of rotatable bonds is 0. The second-order valence-electron chi connectivity index (χ2n) is 1.78. The van der Waals surface area contributed by atoms with Crippen LogP contribution in [0.15, 0.2) is 0 Å². The highest BCUT2D eigenvalue weighted by Gasteiger charge is 2.21. The van der Waals surface area contributed by atoms with Crippen molar-refractivity contribution in [2.75, 3.05) is 0 Å². The average Bonchev–Trinajstić information content (AvgIpc) is 2.99. The summed E-state index contributed by atoms with van der Waals surface area (Å²) in [5, 5.41) is 8.02. The fourth-order valence-electron chi connectivity index (χ4n) is 0.386. The van der Waals surface area contributed by atoms with E-state index in [2.05, 4.69) is 63.1 Å². The smallest absolute Gasteiger partial charge is 0.285 e. The quantitative estimate of drug-likeness (QED) is 0.315. The molecule has 0 atom stereocenters. The van der Waals surface area contributed by atoms with Gasteiger partial charge in [-0.15, -0.1) is 0 Å². The highest BCUT2D eigenvalue weighted by atomic mass is 17.4. The van der Waals surface area contributed by atoms with Crippen molar-refractivity contribution in [2.45, 2.75) is 6.29 Å². The van der Waals surface area contributed by atoms with E-state index >= 15 is 0 Å². The maximum Gasteiger partial charge on any atom is 0.285 e. The number of aliphatic hydroxyl groups excluding tert-OH is 1. The van der Waals surface area contributed by atoms with E-state index in [1.807, 2.05) is 0 Å². The van der Waals surface area contributed by atoms with Crippen LogP contribution in [-0.2, 0) is 9.78 Å². The molecule has 3 nitrogen and oxygen atoms in total. The normalized spacial score (nSPS) is 10.3. The Morgan fingerprint density at radius 3 is 1.71 bits per heavy atom. The summed E-state index contributed by atoms with van der Waals surface area (Å²) in [6.45, 7) is 0. The largest absolute Gasteiger partial charge is 0.461 e. The maximum atomic E-state index is 8.02. The van der Waals surface area contributed by atoms with Crippen LogP contribution >= 0.6 is 0 Å². The van der Waals surface area contributed by atoms with Crippen molar-refractivity contribution in [3.8, 4) is 59.4 Å². The van der Waals surface area contributed by atoms with E-state index < -0.39 is 6.29 Å². The third-order valence-corrected chi connectivity index (χ3v) is 0.876. The molecule has 1 aliphatic rings. The van der Waals surface area contributed by atoms with Crippen LogP contribution in [0.2, 0.25) is 0 Å². The molecule has 0 aromatic heterocycles. The molecule has 0 bridgehead atoms. The summed E-state index contributed by atoms with van der Waals surface area (Å²) in [7, 11) is 0. The van der Waals surface area contributed by atoms with Crippen LogP contribution in [0.1, 0.15) is 0 Å². The van der Waals surface area contributed by atoms with Gasteiger partial charge in [0.25, 0.3) is 6.29 Å². The standard InChI is InChI=1S/C11H2O3/c12-10-8-6-4-2-1-3-5-7-9-11-13-14-11/h11-12H. The van der Waals surface area contributed by atoms with Crippen LogP contribution < -0.4 is 0 Å². The van der Waals surface area contributed by atoms with Crippen LogP contribution in [0.25, 0.3) is 0 Å². The van der Waals surface area contributed by atoms with Gasteiger partial charge in [0.05, 0.1) is 0 Å². The molecule has 0 aliphatic carbocycles. The summed E-state index contributed by atoms with van der Waals surface area (Å²) in [4.78, 5) is 8.68. The molecule has 0 radical (unpaired) electrons. The summed E-state index contributed by atoms with van der Waals surface area (Å²) in [5.41, 5.74) is 0. The lowest BCUT2D eigenvalue weighted by atomic mass is 10.5. The Morgan fingerprint density at radius 1 is 0.714 bits per heavy atom. The molecule has 0 amide bonds. The van der Waals surface area contributed by atoms with Crippen LogP contribution in [-0.4, -0.2) is 11.4 Å². The summed E-state index contributed by atoms with van der Waals surface area (Å²) >= 11 is 0. The lowest BCUT2D eigenvalue weighted by Crippen LogP contribution is -1.70. The third kappa shape index (κ3) is 5.21. The fourth-order valence-corrected chi connectivity index (χ4v) is 0.386. The Bertz CT molecular complexity index is 500. The summed E-state index contributed by atoms with van der Waals surface area (Å²) in [5.74, 6) is 21.4. The van der Waals surface area contributed by atoms with E-state index in [0.29, 0.717) is 0 Å². The highest BCUT2D eigenvalue weighted by molar-refractivity contribution is 5.42. The third-order valence-electron chi connectivity index (χ3n) is 0.876. The lowest BCUT2D eigenvalue weighted by molar-refractivity contribution is 0.0850. The van der Waals surface area contributed by atoms with Gasteiger partial charge in [0, 0.05) is 23.7 Å². The van der Waals surface area contributed by atoms with Gasteiger partial charge in [-0.1, -0.05) is 0 Å². The van der Waals surface area contributed by atoms with Crippen molar-refractivity contribution in [2.24, 2.45) is 0 Å². The van der Waals surface area contributed by atoms with Crippen molar-refractivity contribution in [1.82, 2.24) is 0 Å². The van der Waals surface area contributed by atoms with Gasteiger partial charge in [0.15, 0.2) is 0 Å². The van der Waals surface area contributed by atoms with Gasteiger partial charge in [-0.2, -0.15) is 9.78 Å². The number of hydrogen-bond acceptors (Lipinski definition) is 3. The summed E-state index contributed by atoms with van der Waals surface area (Å²) < 4.78 is 0. The van der Waals surface area contributed by atoms with Crippen LogP contribution in [0.5, 0.6) is 0 Å². The minimum atomic E-state index is -0.433. The lowest BCUT2D eigenvalue weighted by Gasteiger charge is -1.57. The van der Waals surface area contributed by atoms with E-state index in [-0.39, 0.29) is 0 Å². The zero-order valence-electron chi connectivity index (χ0n) is 6.84. The van der Waals surface area contributed by atoms with Gasteiger partial charge in [-0.05, 0) is 29.6 Å². The number of aliphatic hydroxyl groups is 1. The molecule has 0 unspecified atom stereocenters. The van der Waals surface area contributed by atoms with E-state index in [1.165, 1.54) is 0 Å². The van der Waals surface area contributed by atoms with Crippen LogP contribution in [0, 0.1) is 59.4 Å². The van der Waals surface area contributed by atoms with E-state index in [9.17, 15) is 0 Å². The molecule has 0 aromatic rings. The molecule has 1 aliphatic heterocycles. The average molecular weight is 182 g/mol. The van der Waals surface area contributed by atoms with Crippen molar-refractivity contribution >= 4 is 0 Å². The van der Waals surface area contributed by atoms with Crippen molar-refractivity contribution in [3.05, 3.63) is 0 Å². The SMILES string of the molecule is OC#CC#CC#CC#CC#CC1OO1. The van der Waals surface area contributed by atoms with Gasteiger partial charge >= 0.3 is 0 Å². The molecule has 3 heteroatoms. The van der Waals surface area contributed by atoms with Gasteiger partial charge in [0.1, 0.15) is 6.11 Å². The Morgan fingerprint density at radius 2 is 1.21 bits per heavy atom. The molecule has 14 heavy (non-hydrogen) atoms. The zero-order valence-corrected chi connectivity index (χ0v) is 6.84. The first-order chi connectivity index (χ1) is 6.93. The van der Waals surface area contributed by atoms with Crippen molar-refractivity contribution in [3.63, 3.8) is 0 Å². The second kappa shape index (κ2) is 6.08. The van der Waals surface area contributed by atoms with Crippen molar-refractivity contribution < 1.29 is 14.9 Å². The Hall–Kier alpha value is -2.48. The number of hydrogen-bond donors (Lipinski definition) is 1. The molecule has 1 heterocycles. The minimum Gasteiger partial charge on any atom is -0.461 e. The van der Waals surface area contributed by atoms with Gasteiger partial charge in [-0.25, -0.2) is 0 Å². The molecule has 1 N–H and O–H groups in total. The molecular weight excluding hydrogens is 180 g/mol. The molecule has 0 aromatic carbocycles. The molecule has 64 valence electrons. The summed E-state index contributed by atoms with van der Waals surface area (Å²) in [6.07, 6.45) is 1.19. The predicted molar refractivity (Wildman–Crippen MR) is 46.8 cm³/mol. The monoisotopic (exact) mass is 182 g/mol. The van der Waals surface area contributed by atoms with Crippen LogP contribution in [0.4, 0.5) is 0 Å². The Labute approximate surface area is 81.3 Å². The van der Waals surface area contributed by atoms with Crippen molar-refractivity contribution in [1.29, 1.82) is 0 Å². The maximum absolute atomic E-state index is 8.02. The second-order valence-corrected chi connectivity index (χ2v) is 1.78. The first kappa shape index (κ1) is 9.61. The Kier molecular flexibility index (Phi) is 4.17. The first-order valence-corrected chi connectivity index (χ1v) is 3.40. The zero-order chi connectivity index (χ0) is 10.1. The van der Waals surface area contributed by atoms with E-state index in [4.69, 9.17) is 5.11 Å². The first-order valence-electron chi connectivity index (χ1n) is 3.40. The van der Waals surface area contributed by atoms with E-state index in [0.717, 1.165) is 0 Å². The fraction of sp³-hybridized carbons (Fsp3) is 0.0909. The van der Waals surface area contributed by atoms with Gasteiger partial charge in [-0.3, -0.25) is 0 Å². The molecule has 0 saturated carbocycles. The Balaban J connectivity index is 2.34. The molecule has 0 spiro atoms. The topological polar surface area (TPSA) is 45.3 Å². The molecule has 1 fully saturated rings. The summed E-state index contributed by atoms with van der Waals surface area (Å²) in [6, 6.07) is 0. The predicted octanol–water partition coefficient (Wildman–Crippen LogP) is -0.379. The molecule has 1 saturated heterocycles. The van der Waals surface area contributed by atoms with Gasteiger partial charge < -0.3 is 5.11 Å². The highest BCUT2D eigenvalue weighted by Crippen LogP contribution is 2.08. The van der Waals surface area contributed by atoms with Crippen LogP contribution in [0.3, 0.4) is 0 Å². The van der Waals surface area contributed by atoms with E-state index in [1.54, 1.807) is 6.11 Å².